The van der Waals surface area contributed by atoms with E-state index < -0.39 is 12.6 Å². The summed E-state index contributed by atoms with van der Waals surface area (Å²) in [6.45, 7) is -3.06. The minimum absolute atomic E-state index is 0.0201. The monoisotopic (exact) mass is 295 g/mol. The van der Waals surface area contributed by atoms with Crippen molar-refractivity contribution in [2.24, 2.45) is 0 Å². The van der Waals surface area contributed by atoms with Crippen LogP contribution in [0.1, 0.15) is 16.1 Å². The van der Waals surface area contributed by atoms with E-state index in [0.717, 1.165) is 0 Å². The number of hydrogen-bond donors (Lipinski definition) is 1. The van der Waals surface area contributed by atoms with Crippen molar-refractivity contribution < 1.29 is 28.2 Å². The second-order valence-electron chi connectivity index (χ2n) is 3.93. The van der Waals surface area contributed by atoms with Crippen LogP contribution < -0.4 is 9.47 Å². The molecule has 0 unspecified atom stereocenters. The number of hydrogen-bond acceptors (Lipinski definition) is 4. The van der Waals surface area contributed by atoms with Gasteiger partial charge in [0.05, 0.1) is 0 Å². The minimum Gasteiger partial charge on any atom is -0.486 e. The molecule has 1 aromatic heterocycles. The first-order valence-electron chi connectivity index (χ1n) is 5.91. The molecule has 0 atom stereocenters. The molecule has 110 valence electrons. The zero-order chi connectivity index (χ0) is 15.2. The lowest BCUT2D eigenvalue weighted by atomic mass is 10.2. The van der Waals surface area contributed by atoms with Crippen LogP contribution in [0.3, 0.4) is 0 Å². The van der Waals surface area contributed by atoms with Crippen molar-refractivity contribution in [2.75, 3.05) is 0 Å². The molecular weight excluding hydrogens is 284 g/mol. The zero-order valence-electron chi connectivity index (χ0n) is 10.7. The molecule has 0 amide bonds. The smallest absolute Gasteiger partial charge is 0.387 e. The Bertz CT molecular complexity index is 634. The van der Waals surface area contributed by atoms with E-state index in [1.807, 2.05) is 0 Å². The van der Waals surface area contributed by atoms with Crippen LogP contribution in [-0.4, -0.2) is 22.7 Å². The third-order valence-electron chi connectivity index (χ3n) is 2.55. The third kappa shape index (κ3) is 3.88. The molecule has 0 aliphatic rings. The van der Waals surface area contributed by atoms with Gasteiger partial charge in [0.1, 0.15) is 12.4 Å². The average molecular weight is 295 g/mol. The summed E-state index contributed by atoms with van der Waals surface area (Å²) in [7, 11) is 0. The number of halogens is 2. The summed E-state index contributed by atoms with van der Waals surface area (Å²) < 4.78 is 34.3. The lowest BCUT2D eigenvalue weighted by Gasteiger charge is -2.12. The van der Waals surface area contributed by atoms with Gasteiger partial charge in [0.2, 0.25) is 0 Å². The van der Waals surface area contributed by atoms with E-state index in [1.54, 1.807) is 18.2 Å². The average Bonchev–Trinajstić information content (AvgIpc) is 2.46. The van der Waals surface area contributed by atoms with Gasteiger partial charge < -0.3 is 14.6 Å². The van der Waals surface area contributed by atoms with Gasteiger partial charge in [-0.15, -0.1) is 0 Å². The molecule has 5 nitrogen and oxygen atoms in total. The quantitative estimate of drug-likeness (QED) is 0.887. The number of carboxylic acids is 1. The predicted octanol–water partition coefficient (Wildman–Crippen LogP) is 2.96. The van der Waals surface area contributed by atoms with Crippen LogP contribution in [0.25, 0.3) is 0 Å². The van der Waals surface area contributed by atoms with Gasteiger partial charge in [-0.05, 0) is 18.2 Å². The Morgan fingerprint density at radius 2 is 1.90 bits per heavy atom. The Hall–Kier alpha value is -2.70. The maximum Gasteiger partial charge on any atom is 0.387 e. The summed E-state index contributed by atoms with van der Waals surface area (Å²) in [5.41, 5.74) is 0.128. The van der Waals surface area contributed by atoms with Gasteiger partial charge in [-0.2, -0.15) is 8.78 Å². The molecule has 1 aromatic carbocycles. The highest BCUT2D eigenvalue weighted by Crippen LogP contribution is 2.23. The zero-order valence-corrected chi connectivity index (χ0v) is 10.7. The summed E-state index contributed by atoms with van der Waals surface area (Å²) in [6, 6.07) is 9.07. The highest BCUT2D eigenvalue weighted by molar-refractivity contribution is 5.88. The number of ether oxygens (including phenoxy) is 2. The summed E-state index contributed by atoms with van der Waals surface area (Å²) in [6.07, 6.45) is 1.32. The summed E-state index contributed by atoms with van der Waals surface area (Å²) in [5, 5.41) is 8.97. The van der Waals surface area contributed by atoms with Gasteiger partial charge in [-0.1, -0.05) is 18.2 Å². The Balaban J connectivity index is 2.15. The first-order valence-corrected chi connectivity index (χ1v) is 5.91. The van der Waals surface area contributed by atoms with E-state index in [4.69, 9.17) is 9.84 Å². The summed E-state index contributed by atoms with van der Waals surface area (Å²) in [4.78, 5) is 14.7. The second kappa shape index (κ2) is 6.65. The van der Waals surface area contributed by atoms with E-state index in [-0.39, 0.29) is 23.8 Å². The molecule has 0 aliphatic heterocycles. The molecule has 0 bridgehead atoms. The van der Waals surface area contributed by atoms with E-state index in [0.29, 0.717) is 5.56 Å². The number of alkyl halides is 2. The van der Waals surface area contributed by atoms with Crippen molar-refractivity contribution in [1.82, 2.24) is 4.98 Å². The molecule has 0 aliphatic carbocycles. The number of carbonyl (C=O) groups is 1. The fourth-order valence-corrected chi connectivity index (χ4v) is 1.66. The molecular formula is C14H11F2NO4. The minimum atomic E-state index is -2.95. The molecule has 0 saturated heterocycles. The lowest BCUT2D eigenvalue weighted by Crippen LogP contribution is -2.08. The lowest BCUT2D eigenvalue weighted by molar-refractivity contribution is -0.0508. The van der Waals surface area contributed by atoms with Gasteiger partial charge in [-0.3, -0.25) is 0 Å². The van der Waals surface area contributed by atoms with Gasteiger partial charge in [0.25, 0.3) is 0 Å². The normalized spacial score (nSPS) is 10.4. The van der Waals surface area contributed by atoms with Crippen molar-refractivity contribution >= 4 is 5.97 Å². The van der Waals surface area contributed by atoms with E-state index in [1.165, 1.54) is 24.4 Å². The van der Waals surface area contributed by atoms with Crippen molar-refractivity contribution in [3.05, 3.63) is 53.9 Å². The van der Waals surface area contributed by atoms with Crippen molar-refractivity contribution in [2.45, 2.75) is 13.2 Å². The number of aromatic nitrogens is 1. The third-order valence-corrected chi connectivity index (χ3v) is 2.55. The van der Waals surface area contributed by atoms with Crippen molar-refractivity contribution in [3.8, 4) is 11.5 Å². The molecule has 1 N–H and O–H groups in total. The van der Waals surface area contributed by atoms with Gasteiger partial charge in [0.15, 0.2) is 11.4 Å². The number of carboxylic acid groups (broad SMARTS) is 1. The molecule has 1 heterocycles. The Morgan fingerprint density at radius 1 is 1.19 bits per heavy atom. The summed E-state index contributed by atoms with van der Waals surface area (Å²) >= 11 is 0. The van der Waals surface area contributed by atoms with E-state index in [2.05, 4.69) is 9.72 Å². The maximum atomic E-state index is 12.3. The SMILES string of the molecule is O=C(O)c1ncccc1OCc1ccccc1OC(F)F. The molecule has 0 saturated carbocycles. The fourth-order valence-electron chi connectivity index (χ4n) is 1.66. The Labute approximate surface area is 118 Å². The number of nitrogens with zero attached hydrogens (tertiary/aromatic N) is 1. The van der Waals surface area contributed by atoms with Crippen LogP contribution in [0.5, 0.6) is 11.5 Å². The number of aromatic carboxylic acids is 1. The van der Waals surface area contributed by atoms with Crippen molar-refractivity contribution in [1.29, 1.82) is 0 Å². The van der Waals surface area contributed by atoms with Crippen LogP contribution in [0, 0.1) is 0 Å². The second-order valence-corrected chi connectivity index (χ2v) is 3.93. The molecule has 0 radical (unpaired) electrons. The number of pyridine rings is 1. The highest BCUT2D eigenvalue weighted by Gasteiger charge is 2.14. The Morgan fingerprint density at radius 3 is 2.62 bits per heavy atom. The highest BCUT2D eigenvalue weighted by atomic mass is 19.3. The van der Waals surface area contributed by atoms with Crippen molar-refractivity contribution in [3.63, 3.8) is 0 Å². The molecule has 2 rings (SSSR count). The maximum absolute atomic E-state index is 12.3. The molecule has 7 heteroatoms. The molecule has 0 fully saturated rings. The molecule has 0 spiro atoms. The van der Waals surface area contributed by atoms with Gasteiger partial charge in [-0.25, -0.2) is 9.78 Å². The van der Waals surface area contributed by atoms with Crippen LogP contribution in [0.4, 0.5) is 8.78 Å². The standard InChI is InChI=1S/C14H11F2NO4/c15-14(16)21-10-5-2-1-4-9(10)8-20-11-6-3-7-17-12(11)13(18)19/h1-7,14H,8H2,(H,18,19). The van der Waals surface area contributed by atoms with Crippen LogP contribution in [0.2, 0.25) is 0 Å². The first kappa shape index (κ1) is 14.7. The van der Waals surface area contributed by atoms with E-state index in [9.17, 15) is 13.6 Å². The van der Waals surface area contributed by atoms with Crippen LogP contribution >= 0.6 is 0 Å². The summed E-state index contributed by atoms with van der Waals surface area (Å²) in [5.74, 6) is -1.20. The number of rotatable bonds is 6. The topological polar surface area (TPSA) is 68.7 Å². The Kier molecular flexibility index (Phi) is 4.65. The fraction of sp³-hybridized carbons (Fsp3) is 0.143. The molecule has 2 aromatic rings. The first-order chi connectivity index (χ1) is 10.1. The predicted molar refractivity (Wildman–Crippen MR) is 68.6 cm³/mol. The number of para-hydroxylation sites is 1. The van der Waals surface area contributed by atoms with Crippen LogP contribution in [-0.2, 0) is 6.61 Å². The van der Waals surface area contributed by atoms with E-state index >= 15 is 0 Å². The number of benzene rings is 1. The van der Waals surface area contributed by atoms with Gasteiger partial charge >= 0.3 is 12.6 Å². The van der Waals surface area contributed by atoms with Crippen LogP contribution in [0.15, 0.2) is 42.6 Å². The largest absolute Gasteiger partial charge is 0.486 e. The van der Waals surface area contributed by atoms with Gasteiger partial charge in [0, 0.05) is 11.8 Å². The molecule has 21 heavy (non-hydrogen) atoms.